The molecule has 0 unspecified atom stereocenters. The van der Waals surface area contributed by atoms with Crippen LogP contribution in [0.1, 0.15) is 34.8 Å². The molecule has 0 spiro atoms. The molecule has 3 aromatic rings. The van der Waals surface area contributed by atoms with E-state index in [1.165, 1.54) is 5.56 Å². The Morgan fingerprint density at radius 1 is 1.21 bits per heavy atom. The van der Waals surface area contributed by atoms with E-state index < -0.39 is 0 Å². The fourth-order valence-corrected chi connectivity index (χ4v) is 4.80. The summed E-state index contributed by atoms with van der Waals surface area (Å²) in [6.07, 6.45) is 7.85. The highest BCUT2D eigenvalue weighted by molar-refractivity contribution is 5.98. The third-order valence-electron chi connectivity index (χ3n) is 6.45. The summed E-state index contributed by atoms with van der Waals surface area (Å²) in [6.45, 7) is 2.53. The van der Waals surface area contributed by atoms with Gasteiger partial charge in [-0.1, -0.05) is 12.1 Å². The maximum atomic E-state index is 13.0. The number of carbonyl (C=O) groups excluding carboxylic acids is 1. The minimum atomic E-state index is 0.127. The number of aromatic nitrogens is 2. The van der Waals surface area contributed by atoms with Crippen LogP contribution >= 0.6 is 0 Å². The highest BCUT2D eigenvalue weighted by Gasteiger charge is 2.44. The standard InChI is InChI=1S/C23H26N4O2/c1-29-21-15-27(22(21)18-3-2-9-24-14-18)19-7-11-26(12-8-19)23(28)17-5-4-16-6-10-25-20(16)13-17/h2-6,9-10,13-14,19,21-22,25H,7-8,11-12,15H2,1H3/t21-,22-/m0/s1. The number of amides is 1. The number of ether oxygens (including phenoxy) is 1. The Kier molecular flexibility index (Phi) is 4.81. The number of H-pyrrole nitrogens is 1. The molecule has 6 nitrogen and oxygen atoms in total. The molecule has 2 atom stereocenters. The molecule has 29 heavy (non-hydrogen) atoms. The monoisotopic (exact) mass is 390 g/mol. The smallest absolute Gasteiger partial charge is 0.253 e. The highest BCUT2D eigenvalue weighted by Crippen LogP contribution is 2.39. The Balaban J connectivity index is 1.25. The van der Waals surface area contributed by atoms with Crippen molar-refractivity contribution in [2.24, 2.45) is 0 Å². The average molecular weight is 390 g/mol. The quantitative estimate of drug-likeness (QED) is 0.743. The van der Waals surface area contributed by atoms with E-state index in [4.69, 9.17) is 4.74 Å². The summed E-state index contributed by atoms with van der Waals surface area (Å²) >= 11 is 0. The van der Waals surface area contributed by atoms with E-state index in [2.05, 4.69) is 20.9 Å². The normalized spacial score (nSPS) is 23.3. The zero-order valence-electron chi connectivity index (χ0n) is 16.6. The third-order valence-corrected chi connectivity index (χ3v) is 6.45. The lowest BCUT2D eigenvalue weighted by Crippen LogP contribution is -2.60. The van der Waals surface area contributed by atoms with Crippen LogP contribution in [0.4, 0.5) is 0 Å². The molecule has 150 valence electrons. The fraction of sp³-hybridized carbons (Fsp3) is 0.391. The summed E-state index contributed by atoms with van der Waals surface area (Å²) in [6, 6.07) is 12.8. The number of hydrogen-bond donors (Lipinski definition) is 1. The molecule has 2 saturated heterocycles. The Morgan fingerprint density at radius 3 is 2.83 bits per heavy atom. The van der Waals surface area contributed by atoms with Crippen LogP contribution in [-0.4, -0.2) is 64.6 Å². The van der Waals surface area contributed by atoms with Crippen molar-refractivity contribution < 1.29 is 9.53 Å². The average Bonchev–Trinajstić information content (AvgIpc) is 3.22. The van der Waals surface area contributed by atoms with Gasteiger partial charge in [0.1, 0.15) is 0 Å². The summed E-state index contributed by atoms with van der Waals surface area (Å²) in [5.74, 6) is 0.127. The van der Waals surface area contributed by atoms with E-state index in [1.807, 2.05) is 53.8 Å². The van der Waals surface area contributed by atoms with Crippen LogP contribution in [0.3, 0.4) is 0 Å². The van der Waals surface area contributed by atoms with Crippen LogP contribution in [-0.2, 0) is 4.74 Å². The predicted molar refractivity (Wildman–Crippen MR) is 112 cm³/mol. The first-order valence-electron chi connectivity index (χ1n) is 10.3. The first-order chi connectivity index (χ1) is 14.2. The van der Waals surface area contributed by atoms with Gasteiger partial charge in [-0.2, -0.15) is 0 Å². The Hall–Kier alpha value is -2.70. The summed E-state index contributed by atoms with van der Waals surface area (Å²) in [5.41, 5.74) is 2.98. The molecular weight excluding hydrogens is 364 g/mol. The second-order valence-electron chi connectivity index (χ2n) is 8.01. The van der Waals surface area contributed by atoms with E-state index in [-0.39, 0.29) is 18.1 Å². The number of likely N-dealkylation sites (tertiary alicyclic amines) is 2. The second-order valence-corrected chi connectivity index (χ2v) is 8.01. The second kappa shape index (κ2) is 7.61. The number of aromatic amines is 1. The molecule has 2 aliphatic rings. The van der Waals surface area contributed by atoms with Crippen LogP contribution in [0, 0.1) is 0 Å². The SMILES string of the molecule is CO[C@H]1CN(C2CCN(C(=O)c3ccc4cc[nH]c4c3)CC2)[C@H]1c1cccnc1. The van der Waals surface area contributed by atoms with Crippen molar-refractivity contribution in [1.29, 1.82) is 0 Å². The molecule has 2 aliphatic heterocycles. The lowest BCUT2D eigenvalue weighted by molar-refractivity contribution is -0.115. The first kappa shape index (κ1) is 18.3. The maximum Gasteiger partial charge on any atom is 0.253 e. The van der Waals surface area contributed by atoms with Crippen molar-refractivity contribution >= 4 is 16.8 Å². The van der Waals surface area contributed by atoms with Gasteiger partial charge in [-0.05, 0) is 48.1 Å². The number of piperidine rings is 1. The number of nitrogens with zero attached hydrogens (tertiary/aromatic N) is 3. The number of pyridine rings is 1. The molecule has 0 bridgehead atoms. The maximum absolute atomic E-state index is 13.0. The molecular formula is C23H26N4O2. The van der Waals surface area contributed by atoms with Gasteiger partial charge in [-0.15, -0.1) is 0 Å². The van der Waals surface area contributed by atoms with Gasteiger partial charge in [0.25, 0.3) is 5.91 Å². The minimum absolute atomic E-state index is 0.127. The number of methoxy groups -OCH3 is 1. The molecule has 0 aliphatic carbocycles. The number of rotatable bonds is 4. The molecule has 2 aromatic heterocycles. The van der Waals surface area contributed by atoms with Crippen LogP contribution in [0.15, 0.2) is 55.0 Å². The zero-order chi connectivity index (χ0) is 19.8. The van der Waals surface area contributed by atoms with Crippen LogP contribution in [0.5, 0.6) is 0 Å². The van der Waals surface area contributed by atoms with E-state index in [0.717, 1.165) is 48.9 Å². The number of nitrogens with one attached hydrogen (secondary N) is 1. The Labute approximate surface area is 170 Å². The summed E-state index contributed by atoms with van der Waals surface area (Å²) in [7, 11) is 1.79. The Bertz CT molecular complexity index is 994. The van der Waals surface area contributed by atoms with Crippen LogP contribution in [0.25, 0.3) is 10.9 Å². The topological polar surface area (TPSA) is 61.5 Å². The molecule has 4 heterocycles. The number of carbonyl (C=O) groups is 1. The van der Waals surface area contributed by atoms with Gasteiger partial charge in [0.05, 0.1) is 12.1 Å². The van der Waals surface area contributed by atoms with Crippen LogP contribution in [0.2, 0.25) is 0 Å². The third kappa shape index (κ3) is 3.32. The van der Waals surface area contributed by atoms with Crippen molar-refractivity contribution in [3.05, 3.63) is 66.1 Å². The first-order valence-corrected chi connectivity index (χ1v) is 10.3. The lowest BCUT2D eigenvalue weighted by atomic mass is 9.87. The van der Waals surface area contributed by atoms with Crippen molar-refractivity contribution in [1.82, 2.24) is 19.8 Å². The number of fused-ring (bicyclic) bond motifs is 1. The Morgan fingerprint density at radius 2 is 2.07 bits per heavy atom. The lowest BCUT2D eigenvalue weighted by Gasteiger charge is -2.52. The summed E-state index contributed by atoms with van der Waals surface area (Å²) in [4.78, 5) is 25.0. The van der Waals surface area contributed by atoms with Crippen molar-refractivity contribution in [3.8, 4) is 0 Å². The zero-order valence-corrected chi connectivity index (χ0v) is 16.6. The minimum Gasteiger partial charge on any atom is -0.378 e. The molecule has 1 N–H and O–H groups in total. The van der Waals surface area contributed by atoms with Gasteiger partial charge in [0.2, 0.25) is 0 Å². The molecule has 2 fully saturated rings. The fourth-order valence-electron chi connectivity index (χ4n) is 4.80. The summed E-state index contributed by atoms with van der Waals surface area (Å²) < 4.78 is 5.68. The van der Waals surface area contributed by atoms with E-state index >= 15 is 0 Å². The molecule has 6 heteroatoms. The van der Waals surface area contributed by atoms with Crippen molar-refractivity contribution in [2.75, 3.05) is 26.7 Å². The van der Waals surface area contributed by atoms with E-state index in [1.54, 1.807) is 7.11 Å². The van der Waals surface area contributed by atoms with E-state index in [0.29, 0.717) is 6.04 Å². The van der Waals surface area contributed by atoms with E-state index in [9.17, 15) is 4.79 Å². The molecule has 5 rings (SSSR count). The molecule has 1 aromatic carbocycles. The van der Waals surface area contributed by atoms with Gasteiger partial charge in [-0.25, -0.2) is 0 Å². The molecule has 1 amide bonds. The van der Waals surface area contributed by atoms with Gasteiger partial charge in [0.15, 0.2) is 0 Å². The predicted octanol–water partition coefficient (Wildman–Crippen LogP) is 3.24. The highest BCUT2D eigenvalue weighted by atomic mass is 16.5. The van der Waals surface area contributed by atoms with Crippen molar-refractivity contribution in [2.45, 2.75) is 31.0 Å². The van der Waals surface area contributed by atoms with Gasteiger partial charge >= 0.3 is 0 Å². The van der Waals surface area contributed by atoms with Crippen LogP contribution < -0.4 is 0 Å². The largest absolute Gasteiger partial charge is 0.378 e. The molecule has 0 saturated carbocycles. The van der Waals surface area contributed by atoms with Gasteiger partial charge in [0, 0.05) is 62.5 Å². The van der Waals surface area contributed by atoms with Gasteiger partial charge in [-0.3, -0.25) is 14.7 Å². The molecule has 0 radical (unpaired) electrons. The summed E-state index contributed by atoms with van der Waals surface area (Å²) in [5, 5.41) is 1.13. The number of hydrogen-bond acceptors (Lipinski definition) is 4. The van der Waals surface area contributed by atoms with Crippen molar-refractivity contribution in [3.63, 3.8) is 0 Å². The van der Waals surface area contributed by atoms with Gasteiger partial charge < -0.3 is 14.6 Å². The number of benzene rings is 1.